The Balaban J connectivity index is 1.82. The first-order chi connectivity index (χ1) is 9.33. The Morgan fingerprint density at radius 2 is 1.95 bits per heavy atom. The van der Waals surface area contributed by atoms with Crippen LogP contribution >= 0.6 is 0 Å². The molecule has 3 aliphatic carbocycles. The van der Waals surface area contributed by atoms with E-state index in [4.69, 9.17) is 0 Å². The molecule has 0 N–H and O–H groups in total. The van der Waals surface area contributed by atoms with Crippen LogP contribution in [-0.4, -0.2) is 4.21 Å². The van der Waals surface area contributed by atoms with Crippen molar-refractivity contribution in [3.8, 4) is 0 Å². The molecule has 0 saturated heterocycles. The molecule has 0 aromatic heterocycles. The van der Waals surface area contributed by atoms with Crippen LogP contribution in [0.4, 0.5) is 0 Å². The van der Waals surface area contributed by atoms with Gasteiger partial charge in [-0.15, -0.1) is 0 Å². The van der Waals surface area contributed by atoms with Crippen molar-refractivity contribution in [3.63, 3.8) is 0 Å². The summed E-state index contributed by atoms with van der Waals surface area (Å²) in [5.74, 6) is 1.26. The SMILES string of the molecule is O=S1C=C2C=C3CCCCC3C(C3=CCCC3)C2=C1. The summed E-state index contributed by atoms with van der Waals surface area (Å²) in [6.07, 6.45) is 13.9. The van der Waals surface area contributed by atoms with Crippen molar-refractivity contribution in [2.24, 2.45) is 11.8 Å². The summed E-state index contributed by atoms with van der Waals surface area (Å²) in [5, 5.41) is 3.97. The van der Waals surface area contributed by atoms with Gasteiger partial charge in [0.1, 0.15) is 0 Å². The Morgan fingerprint density at radius 3 is 2.79 bits per heavy atom. The normalized spacial score (nSPS) is 36.9. The summed E-state index contributed by atoms with van der Waals surface area (Å²) in [5.41, 5.74) is 5.91. The quantitative estimate of drug-likeness (QED) is 0.648. The Morgan fingerprint density at radius 1 is 1.05 bits per heavy atom. The molecule has 19 heavy (non-hydrogen) atoms. The zero-order chi connectivity index (χ0) is 12.8. The molecule has 3 atom stereocenters. The maximum Gasteiger partial charge on any atom is 0.0711 e. The lowest BCUT2D eigenvalue weighted by atomic mass is 9.65. The standard InChI is InChI=1S/C17H20OS/c18-19-10-14-9-13-7-3-4-8-15(13)17(16(14)11-19)12-5-1-2-6-12/h5,9-11,15,17H,1-4,6-8H2. The zero-order valence-electron chi connectivity index (χ0n) is 11.2. The Bertz CT molecular complexity index is 562. The van der Waals surface area contributed by atoms with Crippen molar-refractivity contribution in [1.29, 1.82) is 0 Å². The second-order valence-corrected chi connectivity index (χ2v) is 7.32. The molecule has 1 nitrogen and oxygen atoms in total. The van der Waals surface area contributed by atoms with Gasteiger partial charge in [-0.1, -0.05) is 29.7 Å². The molecular formula is C17H20OS. The van der Waals surface area contributed by atoms with Crippen LogP contribution in [0.2, 0.25) is 0 Å². The minimum Gasteiger partial charge on any atom is -0.250 e. The summed E-state index contributed by atoms with van der Waals surface area (Å²) in [6.45, 7) is 0. The van der Waals surface area contributed by atoms with Crippen molar-refractivity contribution in [1.82, 2.24) is 0 Å². The second-order valence-electron chi connectivity index (χ2n) is 6.20. The third-order valence-electron chi connectivity index (χ3n) is 5.08. The maximum atomic E-state index is 11.9. The molecule has 1 saturated carbocycles. The van der Waals surface area contributed by atoms with E-state index in [2.05, 4.69) is 12.2 Å². The molecule has 100 valence electrons. The van der Waals surface area contributed by atoms with Crippen molar-refractivity contribution in [2.75, 3.05) is 0 Å². The molecule has 1 aliphatic heterocycles. The van der Waals surface area contributed by atoms with Crippen molar-refractivity contribution >= 4 is 10.8 Å². The fraction of sp³-hybridized carbons (Fsp3) is 0.529. The van der Waals surface area contributed by atoms with Crippen LogP contribution in [0.25, 0.3) is 0 Å². The van der Waals surface area contributed by atoms with E-state index in [1.165, 1.54) is 56.1 Å². The molecule has 0 radical (unpaired) electrons. The summed E-state index contributed by atoms with van der Waals surface area (Å²) < 4.78 is 11.9. The molecule has 4 aliphatic rings. The van der Waals surface area contributed by atoms with Crippen LogP contribution < -0.4 is 0 Å². The molecule has 1 fully saturated rings. The molecular weight excluding hydrogens is 252 g/mol. The van der Waals surface area contributed by atoms with Gasteiger partial charge in [-0.25, -0.2) is 0 Å². The summed E-state index contributed by atoms with van der Waals surface area (Å²) in [6, 6.07) is 0. The molecule has 0 spiro atoms. The van der Waals surface area contributed by atoms with Gasteiger partial charge in [-0.2, -0.15) is 0 Å². The largest absolute Gasteiger partial charge is 0.250 e. The Kier molecular flexibility index (Phi) is 2.87. The van der Waals surface area contributed by atoms with E-state index in [0.29, 0.717) is 11.8 Å². The molecule has 2 heteroatoms. The lowest BCUT2D eigenvalue weighted by Gasteiger charge is -2.38. The smallest absolute Gasteiger partial charge is 0.0711 e. The Hall–Kier alpha value is -0.890. The van der Waals surface area contributed by atoms with E-state index in [-0.39, 0.29) is 0 Å². The maximum absolute atomic E-state index is 11.9. The van der Waals surface area contributed by atoms with Gasteiger partial charge in [0, 0.05) is 16.7 Å². The molecule has 0 aromatic carbocycles. The van der Waals surface area contributed by atoms with Crippen LogP contribution in [0.15, 0.2) is 45.3 Å². The van der Waals surface area contributed by atoms with Gasteiger partial charge in [0.25, 0.3) is 0 Å². The lowest BCUT2D eigenvalue weighted by Crippen LogP contribution is -2.27. The van der Waals surface area contributed by atoms with Gasteiger partial charge in [-0.05, 0) is 55.6 Å². The van der Waals surface area contributed by atoms with Crippen LogP contribution in [0.1, 0.15) is 44.9 Å². The molecule has 1 heterocycles. The number of hydrogen-bond acceptors (Lipinski definition) is 1. The van der Waals surface area contributed by atoms with Gasteiger partial charge >= 0.3 is 0 Å². The van der Waals surface area contributed by atoms with E-state index in [0.717, 1.165) is 0 Å². The molecule has 0 aromatic rings. The molecule has 4 rings (SSSR count). The first kappa shape index (κ1) is 11.9. The highest BCUT2D eigenvalue weighted by Crippen LogP contribution is 2.51. The first-order valence-corrected chi connectivity index (χ1v) is 8.83. The highest BCUT2D eigenvalue weighted by molar-refractivity contribution is 7.91. The average molecular weight is 272 g/mol. The van der Waals surface area contributed by atoms with Crippen molar-refractivity contribution in [3.05, 3.63) is 45.3 Å². The Labute approximate surface area is 117 Å². The molecule has 0 bridgehead atoms. The fourth-order valence-electron chi connectivity index (χ4n) is 4.27. The van der Waals surface area contributed by atoms with Crippen LogP contribution in [-0.2, 0) is 10.8 Å². The van der Waals surface area contributed by atoms with Crippen LogP contribution in [0.5, 0.6) is 0 Å². The van der Waals surface area contributed by atoms with E-state index < -0.39 is 10.8 Å². The number of rotatable bonds is 1. The van der Waals surface area contributed by atoms with Gasteiger partial charge < -0.3 is 0 Å². The number of fused-ring (bicyclic) bond motifs is 2. The summed E-state index contributed by atoms with van der Waals surface area (Å²) >= 11 is 0. The van der Waals surface area contributed by atoms with E-state index >= 15 is 0 Å². The minimum atomic E-state index is -0.873. The number of allylic oxidation sites excluding steroid dienone is 6. The van der Waals surface area contributed by atoms with Gasteiger partial charge in [0.2, 0.25) is 0 Å². The van der Waals surface area contributed by atoms with Crippen LogP contribution in [0, 0.1) is 11.8 Å². The first-order valence-electron chi connectivity index (χ1n) is 7.55. The monoisotopic (exact) mass is 272 g/mol. The second kappa shape index (κ2) is 4.59. The summed E-state index contributed by atoms with van der Waals surface area (Å²) in [4.78, 5) is 0. The highest BCUT2D eigenvalue weighted by atomic mass is 32.2. The predicted octanol–water partition coefficient (Wildman–Crippen LogP) is 4.37. The lowest BCUT2D eigenvalue weighted by molar-refractivity contribution is 0.375. The van der Waals surface area contributed by atoms with Gasteiger partial charge in [-0.3, -0.25) is 4.21 Å². The van der Waals surface area contributed by atoms with E-state index in [1.807, 2.05) is 10.8 Å². The average Bonchev–Trinajstić information content (AvgIpc) is 3.03. The third-order valence-corrected chi connectivity index (χ3v) is 6.05. The zero-order valence-corrected chi connectivity index (χ0v) is 12.0. The van der Waals surface area contributed by atoms with E-state index in [1.54, 1.807) is 11.1 Å². The molecule has 3 unspecified atom stereocenters. The summed E-state index contributed by atoms with van der Waals surface area (Å²) in [7, 11) is -0.873. The fourth-order valence-corrected chi connectivity index (χ4v) is 5.32. The topological polar surface area (TPSA) is 17.1 Å². The van der Waals surface area contributed by atoms with Crippen molar-refractivity contribution in [2.45, 2.75) is 44.9 Å². The van der Waals surface area contributed by atoms with E-state index in [9.17, 15) is 4.21 Å². The van der Waals surface area contributed by atoms with Gasteiger partial charge in [0.15, 0.2) is 0 Å². The number of hydrogen-bond donors (Lipinski definition) is 0. The predicted molar refractivity (Wildman–Crippen MR) is 79.8 cm³/mol. The molecule has 0 amide bonds. The minimum absolute atomic E-state index is 0.556. The third kappa shape index (κ3) is 1.92. The van der Waals surface area contributed by atoms with Crippen LogP contribution in [0.3, 0.4) is 0 Å². The van der Waals surface area contributed by atoms with Gasteiger partial charge in [0.05, 0.1) is 10.8 Å². The van der Waals surface area contributed by atoms with Crippen molar-refractivity contribution < 1.29 is 4.21 Å². The highest BCUT2D eigenvalue weighted by Gasteiger charge is 2.38.